The van der Waals surface area contributed by atoms with Gasteiger partial charge in [-0.3, -0.25) is 18.4 Å². The molecule has 0 aromatic rings. The highest BCUT2D eigenvalue weighted by atomic mass is 31.2. The number of hydrogen-bond acceptors (Lipinski definition) is 4. The molecule has 0 aromatic heterocycles. The third-order valence-corrected chi connectivity index (χ3v) is 3.38. The van der Waals surface area contributed by atoms with Crippen LogP contribution in [0.5, 0.6) is 0 Å². The van der Waals surface area contributed by atoms with Crippen LogP contribution in [0, 0.1) is 0 Å². The van der Waals surface area contributed by atoms with Crippen LogP contribution in [0.1, 0.15) is 0 Å². The Kier molecular flexibility index (Phi) is 6.50. The number of carbonyl (C=O) groups excluding carboxylic acids is 1. The minimum Gasteiger partial charge on any atom is -0.348 e. The Hall–Kier alpha value is -0.800. The lowest BCUT2D eigenvalue weighted by Crippen LogP contribution is -2.28. The van der Waals surface area contributed by atoms with Crippen molar-refractivity contribution in [1.29, 1.82) is 0 Å². The van der Waals surface area contributed by atoms with Crippen LogP contribution in [0.2, 0.25) is 0 Å². The molecule has 0 heterocycles. The van der Waals surface area contributed by atoms with Crippen LogP contribution >= 0.6 is 7.60 Å². The van der Waals surface area contributed by atoms with E-state index in [4.69, 9.17) is 0 Å². The first-order chi connectivity index (χ1) is 8.74. The van der Waals surface area contributed by atoms with E-state index in [1.165, 1.54) is 14.1 Å². The number of rotatable bonds is 6. The predicted octanol–water partition coefficient (Wildman–Crippen LogP) is 2.43. The number of halogens is 6. The van der Waals surface area contributed by atoms with Crippen LogP contribution < -0.4 is 0 Å². The molecule has 0 aliphatic heterocycles. The van der Waals surface area contributed by atoms with Crippen molar-refractivity contribution < 1.29 is 44.7 Å². The summed E-state index contributed by atoms with van der Waals surface area (Å²) < 4.78 is 91.1. The molecule has 0 N–H and O–H groups in total. The summed E-state index contributed by atoms with van der Waals surface area (Å²) in [6, 6.07) is 0. The molecule has 0 saturated heterocycles. The molecule has 0 aromatic carbocycles. The summed E-state index contributed by atoms with van der Waals surface area (Å²) in [7, 11) is -2.49. The topological polar surface area (TPSA) is 55.8 Å². The highest BCUT2D eigenvalue weighted by molar-refractivity contribution is 7.54. The van der Waals surface area contributed by atoms with Crippen LogP contribution in [0.4, 0.5) is 26.3 Å². The molecule has 0 aliphatic rings. The van der Waals surface area contributed by atoms with E-state index >= 15 is 0 Å². The number of amides is 1. The van der Waals surface area contributed by atoms with Gasteiger partial charge in [-0.1, -0.05) is 0 Å². The van der Waals surface area contributed by atoms with Gasteiger partial charge in [-0.05, 0) is 0 Å². The van der Waals surface area contributed by atoms with Gasteiger partial charge < -0.3 is 4.90 Å². The lowest BCUT2D eigenvalue weighted by Gasteiger charge is -2.21. The first kappa shape index (κ1) is 19.2. The molecule has 0 radical (unpaired) electrons. The summed E-state index contributed by atoms with van der Waals surface area (Å²) in [5, 5.41) is 0. The number of carbonyl (C=O) groups is 1. The Balaban J connectivity index is 4.84. The highest BCUT2D eigenvalue weighted by Gasteiger charge is 2.39. The number of alkyl halides is 6. The quantitative estimate of drug-likeness (QED) is 0.554. The van der Waals surface area contributed by atoms with Crippen LogP contribution in [-0.2, 0) is 18.4 Å². The van der Waals surface area contributed by atoms with Crippen molar-refractivity contribution >= 4 is 13.5 Å². The van der Waals surface area contributed by atoms with Crippen molar-refractivity contribution in [1.82, 2.24) is 4.90 Å². The normalized spacial score (nSPS) is 13.4. The molecule has 0 saturated carbocycles. The first-order valence-corrected chi connectivity index (χ1v) is 6.69. The first-order valence-electron chi connectivity index (χ1n) is 4.96. The second-order valence-corrected chi connectivity index (χ2v) is 5.89. The maximum atomic E-state index is 11.9. The van der Waals surface area contributed by atoms with E-state index in [1.807, 2.05) is 0 Å². The number of nitrogens with zero attached hydrogens (tertiary/aromatic N) is 1. The maximum absolute atomic E-state index is 11.9. The zero-order chi connectivity index (χ0) is 16.2. The zero-order valence-corrected chi connectivity index (χ0v) is 11.3. The number of hydrogen-bond donors (Lipinski definition) is 0. The molecule has 5 nitrogen and oxygen atoms in total. The third-order valence-electron chi connectivity index (χ3n) is 1.68. The summed E-state index contributed by atoms with van der Waals surface area (Å²) in [5.74, 6) is -0.988. The van der Waals surface area contributed by atoms with E-state index in [1.54, 1.807) is 0 Å². The van der Waals surface area contributed by atoms with Crippen molar-refractivity contribution in [3.8, 4) is 0 Å². The predicted molar refractivity (Wildman–Crippen MR) is 55.2 cm³/mol. The molecule has 0 aliphatic carbocycles. The van der Waals surface area contributed by atoms with Gasteiger partial charge in [0.1, 0.15) is 6.16 Å². The van der Waals surface area contributed by atoms with Gasteiger partial charge in [-0.15, -0.1) is 0 Å². The average Bonchev–Trinajstić information content (AvgIpc) is 2.22. The molecule has 0 atom stereocenters. The van der Waals surface area contributed by atoms with Gasteiger partial charge in [-0.2, -0.15) is 26.3 Å². The second kappa shape index (κ2) is 6.77. The Bertz CT molecular complexity index is 358. The van der Waals surface area contributed by atoms with E-state index in [0.29, 0.717) is 0 Å². The van der Waals surface area contributed by atoms with Gasteiger partial charge in [0.15, 0.2) is 13.2 Å². The standard InChI is InChI=1S/C8H12F6NO4P/c1-15(2)6(16)3-20(17,18-4-7(9,10)11)19-5-8(12,13)14/h3-5H2,1-2H3. The van der Waals surface area contributed by atoms with E-state index in [-0.39, 0.29) is 0 Å². The van der Waals surface area contributed by atoms with Gasteiger partial charge in [0, 0.05) is 14.1 Å². The molecular formula is C8H12F6NO4P. The monoisotopic (exact) mass is 331 g/mol. The molecule has 0 spiro atoms. The Morgan fingerprint density at radius 3 is 1.60 bits per heavy atom. The smallest absolute Gasteiger partial charge is 0.348 e. The van der Waals surface area contributed by atoms with E-state index in [9.17, 15) is 35.7 Å². The third kappa shape index (κ3) is 9.16. The summed E-state index contributed by atoms with van der Waals surface area (Å²) in [6.45, 7) is -4.16. The zero-order valence-electron chi connectivity index (χ0n) is 10.4. The van der Waals surface area contributed by atoms with Crippen LogP contribution in [0.15, 0.2) is 0 Å². The minimum atomic E-state index is -4.92. The summed E-state index contributed by atoms with van der Waals surface area (Å²) in [5.41, 5.74) is 0. The maximum Gasteiger partial charge on any atom is 0.412 e. The van der Waals surface area contributed by atoms with Crippen molar-refractivity contribution in [2.45, 2.75) is 12.4 Å². The largest absolute Gasteiger partial charge is 0.412 e. The Morgan fingerprint density at radius 2 is 1.35 bits per heavy atom. The molecule has 120 valence electrons. The Labute approximate surface area is 110 Å². The van der Waals surface area contributed by atoms with Gasteiger partial charge >= 0.3 is 19.9 Å². The summed E-state index contributed by atoms with van der Waals surface area (Å²) >= 11 is 0. The highest BCUT2D eigenvalue weighted by Crippen LogP contribution is 2.50. The fourth-order valence-corrected chi connectivity index (χ4v) is 2.34. The van der Waals surface area contributed by atoms with Crippen LogP contribution in [0.25, 0.3) is 0 Å². The molecule has 12 heteroatoms. The molecule has 0 unspecified atom stereocenters. The van der Waals surface area contributed by atoms with Gasteiger partial charge in [0.25, 0.3) is 0 Å². The average molecular weight is 331 g/mol. The van der Waals surface area contributed by atoms with E-state index in [2.05, 4.69) is 9.05 Å². The SMILES string of the molecule is CN(C)C(=O)CP(=O)(OCC(F)(F)F)OCC(F)(F)F. The summed E-state index contributed by atoms with van der Waals surface area (Å²) in [4.78, 5) is 12.1. The van der Waals surface area contributed by atoms with E-state index < -0.39 is 45.2 Å². The molecule has 0 rings (SSSR count). The van der Waals surface area contributed by atoms with Gasteiger partial charge in [0.2, 0.25) is 5.91 Å². The molecule has 0 bridgehead atoms. The fraction of sp³-hybridized carbons (Fsp3) is 0.875. The second-order valence-electron chi connectivity index (χ2n) is 3.83. The minimum absolute atomic E-state index is 0.834. The molecular weight excluding hydrogens is 319 g/mol. The van der Waals surface area contributed by atoms with Gasteiger partial charge in [-0.25, -0.2) is 0 Å². The van der Waals surface area contributed by atoms with Crippen LogP contribution in [0.3, 0.4) is 0 Å². The Morgan fingerprint density at radius 1 is 1.00 bits per heavy atom. The van der Waals surface area contributed by atoms with Crippen molar-refractivity contribution in [3.05, 3.63) is 0 Å². The molecule has 20 heavy (non-hydrogen) atoms. The van der Waals surface area contributed by atoms with Gasteiger partial charge in [0.05, 0.1) is 0 Å². The molecule has 0 fully saturated rings. The van der Waals surface area contributed by atoms with Crippen molar-refractivity contribution in [2.75, 3.05) is 33.5 Å². The van der Waals surface area contributed by atoms with Crippen molar-refractivity contribution in [2.24, 2.45) is 0 Å². The van der Waals surface area contributed by atoms with E-state index in [0.717, 1.165) is 4.90 Å². The lowest BCUT2D eigenvalue weighted by molar-refractivity contribution is -0.165. The van der Waals surface area contributed by atoms with Crippen molar-refractivity contribution in [3.63, 3.8) is 0 Å². The lowest BCUT2D eigenvalue weighted by atomic mass is 10.6. The summed E-state index contributed by atoms with van der Waals surface area (Å²) in [6.07, 6.45) is -11.1. The van der Waals surface area contributed by atoms with Crippen LogP contribution in [-0.4, -0.2) is 56.6 Å². The molecule has 1 amide bonds. The fourth-order valence-electron chi connectivity index (χ4n) is 0.779.